The van der Waals surface area contributed by atoms with Gasteiger partial charge in [-0.1, -0.05) is 12.1 Å². The molecule has 0 radical (unpaired) electrons. The lowest BCUT2D eigenvalue weighted by Gasteiger charge is -2.33. The van der Waals surface area contributed by atoms with Gasteiger partial charge in [0.15, 0.2) is 5.78 Å². The normalized spacial score (nSPS) is 28.9. The first-order valence-corrected chi connectivity index (χ1v) is 5.31. The maximum Gasteiger partial charge on any atom is 0.170 e. The Morgan fingerprint density at radius 3 is 3.00 bits per heavy atom. The molecule has 2 aliphatic heterocycles. The van der Waals surface area contributed by atoms with Crippen molar-refractivity contribution in [3.63, 3.8) is 0 Å². The second-order valence-electron chi connectivity index (χ2n) is 4.31. The summed E-state index contributed by atoms with van der Waals surface area (Å²) in [5.41, 5.74) is 0.459. The van der Waals surface area contributed by atoms with Gasteiger partial charge in [-0.25, -0.2) is 0 Å². The fourth-order valence-electron chi connectivity index (χ4n) is 2.40. The van der Waals surface area contributed by atoms with Gasteiger partial charge in [0.25, 0.3) is 0 Å². The third-order valence-corrected chi connectivity index (χ3v) is 3.20. The Kier molecular flexibility index (Phi) is 1.83. The molecule has 1 aromatic rings. The number of benzene rings is 1. The largest absolute Gasteiger partial charge is 0.485 e. The van der Waals surface area contributed by atoms with Crippen LogP contribution in [0.3, 0.4) is 0 Å². The van der Waals surface area contributed by atoms with Gasteiger partial charge < -0.3 is 10.1 Å². The van der Waals surface area contributed by atoms with Gasteiger partial charge in [-0.2, -0.15) is 0 Å². The van der Waals surface area contributed by atoms with E-state index in [1.54, 1.807) is 0 Å². The minimum absolute atomic E-state index is 0.209. The van der Waals surface area contributed by atoms with Crippen molar-refractivity contribution in [3.8, 4) is 5.75 Å². The second kappa shape index (κ2) is 3.07. The standard InChI is InChI=1S/C12H13NO2/c14-10-7-12(5-6-13-8-12)15-11-4-2-1-3-9(10)11/h1-4,13H,5-8H2. The predicted molar refractivity (Wildman–Crippen MR) is 56.2 cm³/mol. The average molecular weight is 203 g/mol. The molecule has 1 aromatic carbocycles. The number of ether oxygens (including phenoxy) is 1. The third kappa shape index (κ3) is 1.35. The number of rotatable bonds is 0. The van der Waals surface area contributed by atoms with E-state index in [0.717, 1.165) is 30.8 Å². The minimum atomic E-state index is -0.272. The minimum Gasteiger partial charge on any atom is -0.485 e. The van der Waals surface area contributed by atoms with Crippen LogP contribution in [-0.4, -0.2) is 24.5 Å². The Labute approximate surface area is 88.4 Å². The average Bonchev–Trinajstić information content (AvgIpc) is 2.66. The number of hydrogen-bond donors (Lipinski definition) is 1. The highest BCUT2D eigenvalue weighted by molar-refractivity contribution is 6.00. The summed E-state index contributed by atoms with van der Waals surface area (Å²) in [7, 11) is 0. The van der Waals surface area contributed by atoms with Gasteiger partial charge in [-0.15, -0.1) is 0 Å². The van der Waals surface area contributed by atoms with Crippen LogP contribution in [0, 0.1) is 0 Å². The van der Waals surface area contributed by atoms with E-state index in [9.17, 15) is 4.79 Å². The van der Waals surface area contributed by atoms with Crippen molar-refractivity contribution in [1.82, 2.24) is 5.32 Å². The summed E-state index contributed by atoms with van der Waals surface area (Å²) in [6, 6.07) is 7.51. The van der Waals surface area contributed by atoms with Crippen LogP contribution < -0.4 is 10.1 Å². The summed E-state index contributed by atoms with van der Waals surface area (Å²) in [6.07, 6.45) is 1.43. The topological polar surface area (TPSA) is 38.3 Å². The molecule has 78 valence electrons. The first-order chi connectivity index (χ1) is 7.29. The third-order valence-electron chi connectivity index (χ3n) is 3.20. The molecule has 1 N–H and O–H groups in total. The molecule has 1 saturated heterocycles. The van der Waals surface area contributed by atoms with Crippen molar-refractivity contribution < 1.29 is 9.53 Å². The zero-order valence-electron chi connectivity index (χ0n) is 8.45. The summed E-state index contributed by atoms with van der Waals surface area (Å²) in [6.45, 7) is 1.72. The molecule has 0 aliphatic carbocycles. The lowest BCUT2D eigenvalue weighted by atomic mass is 9.89. The molecule has 1 fully saturated rings. The maximum absolute atomic E-state index is 11.9. The van der Waals surface area contributed by atoms with Gasteiger partial charge >= 0.3 is 0 Å². The van der Waals surface area contributed by atoms with E-state index >= 15 is 0 Å². The van der Waals surface area contributed by atoms with Crippen molar-refractivity contribution >= 4 is 5.78 Å². The fraction of sp³-hybridized carbons (Fsp3) is 0.417. The molecule has 1 spiro atoms. The fourth-order valence-corrected chi connectivity index (χ4v) is 2.40. The molecule has 3 nitrogen and oxygen atoms in total. The molecule has 0 aromatic heterocycles. The highest BCUT2D eigenvalue weighted by atomic mass is 16.5. The van der Waals surface area contributed by atoms with Crippen molar-refractivity contribution in [2.45, 2.75) is 18.4 Å². The number of nitrogens with one attached hydrogen (secondary N) is 1. The first kappa shape index (κ1) is 8.92. The van der Waals surface area contributed by atoms with E-state index in [4.69, 9.17) is 4.74 Å². The van der Waals surface area contributed by atoms with Crippen molar-refractivity contribution in [2.24, 2.45) is 0 Å². The molecular weight excluding hydrogens is 190 g/mol. The zero-order valence-corrected chi connectivity index (χ0v) is 8.45. The second-order valence-corrected chi connectivity index (χ2v) is 4.31. The van der Waals surface area contributed by atoms with E-state index in [2.05, 4.69) is 5.32 Å². The Morgan fingerprint density at radius 2 is 2.20 bits per heavy atom. The maximum atomic E-state index is 11.9. The van der Waals surface area contributed by atoms with Crippen LogP contribution >= 0.6 is 0 Å². The molecule has 15 heavy (non-hydrogen) atoms. The number of carbonyl (C=O) groups is 1. The highest BCUT2D eigenvalue weighted by Gasteiger charge is 2.42. The smallest absolute Gasteiger partial charge is 0.170 e. The number of carbonyl (C=O) groups excluding carboxylic acids is 1. The molecule has 0 bridgehead atoms. The summed E-state index contributed by atoms with van der Waals surface area (Å²) in [5.74, 6) is 0.956. The van der Waals surface area contributed by atoms with Crippen LogP contribution in [-0.2, 0) is 0 Å². The van der Waals surface area contributed by atoms with Gasteiger partial charge in [-0.3, -0.25) is 4.79 Å². The van der Waals surface area contributed by atoms with Gasteiger partial charge in [0.2, 0.25) is 0 Å². The van der Waals surface area contributed by atoms with Crippen molar-refractivity contribution in [2.75, 3.05) is 13.1 Å². The van der Waals surface area contributed by atoms with E-state index in [1.807, 2.05) is 24.3 Å². The molecule has 1 unspecified atom stereocenters. The van der Waals surface area contributed by atoms with Crippen molar-refractivity contribution in [3.05, 3.63) is 29.8 Å². The van der Waals surface area contributed by atoms with Crippen LogP contribution in [0.15, 0.2) is 24.3 Å². The number of fused-ring (bicyclic) bond motifs is 1. The van der Waals surface area contributed by atoms with Gasteiger partial charge in [0, 0.05) is 13.0 Å². The van der Waals surface area contributed by atoms with E-state index < -0.39 is 0 Å². The van der Waals surface area contributed by atoms with Gasteiger partial charge in [0.05, 0.1) is 12.0 Å². The summed E-state index contributed by atoms with van der Waals surface area (Å²) >= 11 is 0. The van der Waals surface area contributed by atoms with E-state index in [1.165, 1.54) is 0 Å². The predicted octanol–water partition coefficient (Wildman–Crippen LogP) is 1.38. The van der Waals surface area contributed by atoms with Gasteiger partial charge in [-0.05, 0) is 18.7 Å². The molecule has 2 heterocycles. The van der Waals surface area contributed by atoms with Crippen LogP contribution in [0.25, 0.3) is 0 Å². The summed E-state index contributed by atoms with van der Waals surface area (Å²) in [5, 5.41) is 3.26. The van der Waals surface area contributed by atoms with Crippen LogP contribution in [0.1, 0.15) is 23.2 Å². The van der Waals surface area contributed by atoms with Gasteiger partial charge in [0.1, 0.15) is 11.4 Å². The highest BCUT2D eigenvalue weighted by Crippen LogP contribution is 2.36. The van der Waals surface area contributed by atoms with Crippen LogP contribution in [0.4, 0.5) is 0 Å². The van der Waals surface area contributed by atoms with E-state index in [0.29, 0.717) is 6.42 Å². The molecular formula is C12H13NO2. The Hall–Kier alpha value is -1.35. The molecule has 0 amide bonds. The molecule has 2 aliphatic rings. The molecule has 3 heteroatoms. The first-order valence-electron chi connectivity index (χ1n) is 5.31. The molecule has 0 saturated carbocycles. The number of hydrogen-bond acceptors (Lipinski definition) is 3. The SMILES string of the molecule is O=C1CC2(CCNC2)Oc2ccccc21. The molecule has 1 atom stereocenters. The number of ketones is 1. The van der Waals surface area contributed by atoms with Crippen LogP contribution in [0.2, 0.25) is 0 Å². The summed E-state index contributed by atoms with van der Waals surface area (Å²) < 4.78 is 5.97. The number of Topliss-reactive ketones (excluding diaryl/α,β-unsaturated/α-hetero) is 1. The zero-order chi connectivity index (χ0) is 10.3. The van der Waals surface area contributed by atoms with Crippen molar-refractivity contribution in [1.29, 1.82) is 0 Å². The lowest BCUT2D eigenvalue weighted by Crippen LogP contribution is -2.43. The number of para-hydroxylation sites is 1. The Bertz CT molecular complexity index is 408. The monoisotopic (exact) mass is 203 g/mol. The Balaban J connectivity index is 2.02. The Morgan fingerprint density at radius 1 is 1.33 bits per heavy atom. The quantitative estimate of drug-likeness (QED) is 0.692. The lowest BCUT2D eigenvalue weighted by molar-refractivity contribution is 0.0528. The van der Waals surface area contributed by atoms with E-state index in [-0.39, 0.29) is 11.4 Å². The molecule has 3 rings (SSSR count). The summed E-state index contributed by atoms with van der Waals surface area (Å²) in [4.78, 5) is 11.9. The van der Waals surface area contributed by atoms with Crippen LogP contribution in [0.5, 0.6) is 5.75 Å².